The number of aryl methyl sites for hydroxylation is 1. The zero-order valence-electron chi connectivity index (χ0n) is 33.1. The number of esters is 1. The highest BCUT2D eigenvalue weighted by Gasteiger charge is 2.25. The molecule has 6 aromatic rings. The van der Waals surface area contributed by atoms with Crippen LogP contribution in [0.5, 0.6) is 11.5 Å². The summed E-state index contributed by atoms with van der Waals surface area (Å²) in [6, 6.07) is 29.2. The number of carbonyl (C=O) groups excluding carboxylic acids is 2. The number of H-pyrrole nitrogens is 1. The zero-order chi connectivity index (χ0) is 40.5. The van der Waals surface area contributed by atoms with Crippen molar-refractivity contribution in [3.05, 3.63) is 119 Å². The van der Waals surface area contributed by atoms with Gasteiger partial charge in [-0.05, 0) is 91.1 Å². The van der Waals surface area contributed by atoms with E-state index in [1.165, 1.54) is 4.90 Å². The van der Waals surface area contributed by atoms with Gasteiger partial charge in [-0.3, -0.25) is 4.90 Å². The van der Waals surface area contributed by atoms with Crippen molar-refractivity contribution in [3.8, 4) is 34.0 Å². The second-order valence-corrected chi connectivity index (χ2v) is 15.4. The van der Waals surface area contributed by atoms with Crippen LogP contribution in [-0.2, 0) is 33.9 Å². The molecule has 0 saturated heterocycles. The Morgan fingerprint density at radius 3 is 2.26 bits per heavy atom. The SMILES string of the molecule is CCCc1nc(CSCc2ccc(Oc3ccc(N)c(N(C)C(=O)OC(C)(C)C)c3)cc2)c(C(=O)OCC)n1Cc1ccc(-c2ccccc2-c2nnn[nH]2)cc1. The van der Waals surface area contributed by atoms with E-state index in [1.54, 1.807) is 37.0 Å². The fourth-order valence-electron chi connectivity index (χ4n) is 6.22. The summed E-state index contributed by atoms with van der Waals surface area (Å²) in [6.07, 6.45) is 1.09. The molecule has 0 unspecified atom stereocenters. The molecule has 0 saturated carbocycles. The second kappa shape index (κ2) is 18.2. The summed E-state index contributed by atoms with van der Waals surface area (Å²) >= 11 is 1.67. The third-order valence-electron chi connectivity index (χ3n) is 8.89. The number of nitrogens with zero attached hydrogens (tertiary/aromatic N) is 6. The van der Waals surface area contributed by atoms with Gasteiger partial charge in [-0.25, -0.2) is 19.7 Å². The van der Waals surface area contributed by atoms with E-state index in [0.29, 0.717) is 58.1 Å². The number of hydrogen-bond donors (Lipinski definition) is 2. The Labute approximate surface area is 336 Å². The number of amides is 1. The predicted octanol–water partition coefficient (Wildman–Crippen LogP) is 9.09. The number of nitrogens with one attached hydrogen (secondary N) is 1. The minimum Gasteiger partial charge on any atom is -0.461 e. The molecule has 4 aromatic carbocycles. The van der Waals surface area contributed by atoms with Gasteiger partial charge in [0, 0.05) is 43.1 Å². The third kappa shape index (κ3) is 10.2. The lowest BCUT2D eigenvalue weighted by Crippen LogP contribution is -2.34. The first-order chi connectivity index (χ1) is 27.4. The van der Waals surface area contributed by atoms with Crippen LogP contribution in [0, 0.1) is 0 Å². The third-order valence-corrected chi connectivity index (χ3v) is 9.91. The number of nitrogens with two attached hydrogens (primary N) is 1. The van der Waals surface area contributed by atoms with Crippen molar-refractivity contribution in [1.82, 2.24) is 30.2 Å². The van der Waals surface area contributed by atoms with Crippen molar-refractivity contribution in [3.63, 3.8) is 0 Å². The Bertz CT molecular complexity index is 2280. The molecule has 0 atom stereocenters. The molecule has 6 rings (SSSR count). The number of aromatic amines is 1. The number of ether oxygens (including phenoxy) is 3. The van der Waals surface area contributed by atoms with Crippen molar-refractivity contribution in [2.75, 3.05) is 24.3 Å². The van der Waals surface area contributed by atoms with Gasteiger partial charge in [0.05, 0.1) is 23.7 Å². The van der Waals surface area contributed by atoms with E-state index >= 15 is 0 Å². The van der Waals surface area contributed by atoms with E-state index in [4.69, 9.17) is 24.9 Å². The van der Waals surface area contributed by atoms with Crippen LogP contribution in [0.4, 0.5) is 16.2 Å². The average Bonchev–Trinajstić information content (AvgIpc) is 3.85. The quantitative estimate of drug-likeness (QED) is 0.0754. The summed E-state index contributed by atoms with van der Waals surface area (Å²) in [7, 11) is 1.61. The number of aromatic nitrogens is 6. The first kappa shape index (κ1) is 40.5. The Balaban J connectivity index is 1.14. The lowest BCUT2D eigenvalue weighted by Gasteiger charge is -2.25. The van der Waals surface area contributed by atoms with E-state index in [0.717, 1.165) is 46.5 Å². The standard InChI is InChI=1S/C43H48N8O5S/c1-7-11-38-45-36(27-57-26-29-16-20-31(21-17-29)55-32-22-23-35(44)37(24-32)50(6)42(53)56-43(3,4)5)39(41(52)54-8-2)51(38)25-28-14-18-30(19-15-28)33-12-9-10-13-34(33)40-46-48-49-47-40/h9-10,12-24H,7-8,11,25-27,44H2,1-6H3,(H,46,47,48,49). The van der Waals surface area contributed by atoms with E-state index in [9.17, 15) is 9.59 Å². The number of thioether (sulfide) groups is 1. The highest BCUT2D eigenvalue weighted by Crippen LogP contribution is 2.33. The maximum atomic E-state index is 13.5. The molecule has 14 heteroatoms. The summed E-state index contributed by atoms with van der Waals surface area (Å²) in [5, 5.41) is 14.4. The van der Waals surface area contributed by atoms with Gasteiger partial charge in [-0.15, -0.1) is 5.10 Å². The molecule has 296 valence electrons. The van der Waals surface area contributed by atoms with E-state index in [1.807, 2.05) is 80.8 Å². The van der Waals surface area contributed by atoms with Crippen LogP contribution >= 0.6 is 11.8 Å². The summed E-state index contributed by atoms with van der Waals surface area (Å²) in [6.45, 7) is 10.1. The summed E-state index contributed by atoms with van der Waals surface area (Å²) < 4.78 is 19.2. The van der Waals surface area contributed by atoms with Gasteiger partial charge < -0.3 is 24.5 Å². The van der Waals surface area contributed by atoms with Gasteiger partial charge in [0.1, 0.15) is 22.9 Å². The average molecular weight is 789 g/mol. The van der Waals surface area contributed by atoms with Crippen LogP contribution in [0.2, 0.25) is 0 Å². The van der Waals surface area contributed by atoms with Crippen LogP contribution in [-0.4, -0.2) is 61.5 Å². The first-order valence-corrected chi connectivity index (χ1v) is 20.0. The Kier molecular flexibility index (Phi) is 12.9. The van der Waals surface area contributed by atoms with E-state index in [2.05, 4.69) is 51.8 Å². The molecule has 3 N–H and O–H groups in total. The van der Waals surface area contributed by atoms with Crippen molar-refractivity contribution >= 4 is 35.2 Å². The number of carbonyl (C=O) groups is 2. The lowest BCUT2D eigenvalue weighted by molar-refractivity contribution is 0.0511. The number of anilines is 2. The van der Waals surface area contributed by atoms with Gasteiger partial charge >= 0.3 is 12.1 Å². The second-order valence-electron chi connectivity index (χ2n) is 14.4. The molecule has 13 nitrogen and oxygen atoms in total. The zero-order valence-corrected chi connectivity index (χ0v) is 33.9. The molecular formula is C43H48N8O5S. The first-order valence-electron chi connectivity index (χ1n) is 18.8. The summed E-state index contributed by atoms with van der Waals surface area (Å²) in [5.74, 6) is 3.47. The largest absolute Gasteiger partial charge is 0.461 e. The molecule has 57 heavy (non-hydrogen) atoms. The normalized spacial score (nSPS) is 11.3. The van der Waals surface area contributed by atoms with Gasteiger partial charge in [0.25, 0.3) is 0 Å². The number of rotatable bonds is 15. The molecule has 0 aliphatic carbocycles. The minimum absolute atomic E-state index is 0.265. The van der Waals surface area contributed by atoms with E-state index in [-0.39, 0.29) is 12.6 Å². The number of hydrogen-bond acceptors (Lipinski definition) is 11. The van der Waals surface area contributed by atoms with Crippen LogP contribution in [0.1, 0.15) is 74.2 Å². The molecule has 0 bridgehead atoms. The molecule has 0 aliphatic heterocycles. The Hall–Kier alpha value is -6.15. The van der Waals surface area contributed by atoms with Crippen molar-refractivity contribution in [2.45, 2.75) is 71.1 Å². The van der Waals surface area contributed by atoms with Gasteiger partial charge in [-0.1, -0.05) is 67.6 Å². The van der Waals surface area contributed by atoms with Crippen molar-refractivity contribution in [1.29, 1.82) is 0 Å². The number of tetrazole rings is 1. The lowest BCUT2D eigenvalue weighted by atomic mass is 9.98. The number of nitrogen functional groups attached to an aromatic ring is 1. The molecular weight excluding hydrogens is 741 g/mol. The number of imidazole rings is 1. The fourth-order valence-corrected chi connectivity index (χ4v) is 7.14. The van der Waals surface area contributed by atoms with Gasteiger partial charge in [0.2, 0.25) is 0 Å². The topological polar surface area (TPSA) is 163 Å². The molecule has 0 fully saturated rings. The molecule has 0 radical (unpaired) electrons. The molecule has 2 heterocycles. The summed E-state index contributed by atoms with van der Waals surface area (Å²) in [5.41, 5.74) is 12.7. The Morgan fingerprint density at radius 1 is 0.895 bits per heavy atom. The van der Waals surface area contributed by atoms with Gasteiger partial charge in [0.15, 0.2) is 11.5 Å². The molecule has 1 amide bonds. The van der Waals surface area contributed by atoms with E-state index < -0.39 is 11.7 Å². The molecule has 0 spiro atoms. The number of benzene rings is 4. The van der Waals surface area contributed by atoms with Crippen molar-refractivity contribution < 1.29 is 23.8 Å². The highest BCUT2D eigenvalue weighted by atomic mass is 32.2. The molecule has 0 aliphatic rings. The van der Waals surface area contributed by atoms with Crippen LogP contribution < -0.4 is 15.4 Å². The van der Waals surface area contributed by atoms with Crippen LogP contribution in [0.25, 0.3) is 22.5 Å². The van der Waals surface area contributed by atoms with Gasteiger partial charge in [-0.2, -0.15) is 11.8 Å². The summed E-state index contributed by atoms with van der Waals surface area (Å²) in [4.78, 5) is 32.5. The maximum absolute atomic E-state index is 13.5. The molecule has 2 aromatic heterocycles. The minimum atomic E-state index is -0.640. The predicted molar refractivity (Wildman–Crippen MR) is 223 cm³/mol. The smallest absolute Gasteiger partial charge is 0.414 e. The van der Waals surface area contributed by atoms with Crippen molar-refractivity contribution in [2.24, 2.45) is 0 Å². The fraction of sp³-hybridized carbons (Fsp3) is 0.302. The highest BCUT2D eigenvalue weighted by molar-refractivity contribution is 7.97. The van der Waals surface area contributed by atoms with Crippen LogP contribution in [0.3, 0.4) is 0 Å². The van der Waals surface area contributed by atoms with Crippen LogP contribution in [0.15, 0.2) is 91.0 Å². The monoisotopic (exact) mass is 788 g/mol. The Morgan fingerprint density at radius 2 is 1.60 bits per heavy atom. The maximum Gasteiger partial charge on any atom is 0.414 e.